The molecule has 164 valence electrons. The molecule has 3 aliphatic heterocycles. The summed E-state index contributed by atoms with van der Waals surface area (Å²) >= 11 is 6.41. The minimum atomic E-state index is -3.59. The van der Waals surface area contributed by atoms with E-state index in [1.807, 2.05) is 24.3 Å². The van der Waals surface area contributed by atoms with Crippen LogP contribution in [0, 0.1) is 0 Å². The molecular formula is C21H22Cl2N4O3S. The van der Waals surface area contributed by atoms with E-state index in [4.69, 9.17) is 11.6 Å². The fourth-order valence-electron chi connectivity index (χ4n) is 4.27. The molecule has 0 bridgehead atoms. The van der Waals surface area contributed by atoms with E-state index in [1.54, 1.807) is 12.1 Å². The molecule has 0 radical (unpaired) electrons. The molecule has 7 nitrogen and oxygen atoms in total. The molecular weight excluding hydrogens is 459 g/mol. The van der Waals surface area contributed by atoms with Gasteiger partial charge in [0.25, 0.3) is 10.0 Å². The smallest absolute Gasteiger partial charge is 0.285 e. The van der Waals surface area contributed by atoms with Crippen molar-refractivity contribution in [1.82, 2.24) is 9.80 Å². The van der Waals surface area contributed by atoms with Gasteiger partial charge in [0, 0.05) is 49.0 Å². The molecule has 1 N–H and O–H groups in total. The van der Waals surface area contributed by atoms with Crippen molar-refractivity contribution in [3.8, 4) is 0 Å². The lowest BCUT2D eigenvalue weighted by molar-refractivity contribution is -0.115. The summed E-state index contributed by atoms with van der Waals surface area (Å²) in [5.41, 5.74) is 3.56. The number of nitrogens with one attached hydrogen (secondary N) is 1. The van der Waals surface area contributed by atoms with Crippen LogP contribution in [0.25, 0.3) is 0 Å². The number of carbonyl (C=O) groups is 1. The number of sulfonamides is 1. The number of halogens is 2. The van der Waals surface area contributed by atoms with E-state index < -0.39 is 10.0 Å². The lowest BCUT2D eigenvalue weighted by Crippen LogP contribution is -2.49. The Morgan fingerprint density at radius 2 is 1.84 bits per heavy atom. The number of piperazine rings is 1. The third kappa shape index (κ3) is 4.17. The second-order valence-corrected chi connectivity index (χ2v) is 9.77. The Morgan fingerprint density at radius 3 is 2.61 bits per heavy atom. The SMILES string of the molecule is Cl.O=C1Cc2cc(CCN3CCN(C4=NS(=O)(=O)c5ccccc54)CC3)c(Cl)cc2N1. The Labute approximate surface area is 192 Å². The zero-order chi connectivity index (χ0) is 20.9. The molecule has 3 heterocycles. The van der Waals surface area contributed by atoms with Gasteiger partial charge >= 0.3 is 0 Å². The molecule has 3 aliphatic rings. The summed E-state index contributed by atoms with van der Waals surface area (Å²) < 4.78 is 28.6. The van der Waals surface area contributed by atoms with Crippen LogP contribution in [0.3, 0.4) is 0 Å². The van der Waals surface area contributed by atoms with Crippen LogP contribution in [0.1, 0.15) is 16.7 Å². The second-order valence-electron chi connectivity index (χ2n) is 7.79. The molecule has 31 heavy (non-hydrogen) atoms. The average molecular weight is 481 g/mol. The highest BCUT2D eigenvalue weighted by Gasteiger charge is 2.32. The van der Waals surface area contributed by atoms with E-state index in [1.165, 1.54) is 0 Å². The number of nitrogens with zero attached hydrogens (tertiary/aromatic N) is 3. The van der Waals surface area contributed by atoms with Crippen LogP contribution in [0.2, 0.25) is 5.02 Å². The van der Waals surface area contributed by atoms with Crippen LogP contribution in [-0.4, -0.2) is 62.7 Å². The number of amides is 1. The van der Waals surface area contributed by atoms with E-state index in [2.05, 4.69) is 19.5 Å². The van der Waals surface area contributed by atoms with Gasteiger partial charge < -0.3 is 10.2 Å². The van der Waals surface area contributed by atoms with Gasteiger partial charge in [-0.2, -0.15) is 8.42 Å². The molecule has 0 saturated carbocycles. The van der Waals surface area contributed by atoms with E-state index >= 15 is 0 Å². The summed E-state index contributed by atoms with van der Waals surface area (Å²) in [5.74, 6) is 0.567. The molecule has 0 aliphatic carbocycles. The largest absolute Gasteiger partial charge is 0.353 e. The van der Waals surface area contributed by atoms with Crippen molar-refractivity contribution in [3.05, 3.63) is 58.1 Å². The first-order valence-corrected chi connectivity index (χ1v) is 11.8. The molecule has 1 fully saturated rings. The first-order chi connectivity index (χ1) is 14.4. The first-order valence-electron chi connectivity index (χ1n) is 9.93. The zero-order valence-corrected chi connectivity index (χ0v) is 19.1. The maximum atomic E-state index is 12.3. The van der Waals surface area contributed by atoms with Gasteiger partial charge in [0.15, 0.2) is 5.84 Å². The molecule has 1 amide bonds. The average Bonchev–Trinajstić information content (AvgIpc) is 3.22. The maximum absolute atomic E-state index is 12.3. The molecule has 0 spiro atoms. The number of fused-ring (bicyclic) bond motifs is 2. The van der Waals surface area contributed by atoms with Crippen molar-refractivity contribution in [3.63, 3.8) is 0 Å². The number of anilines is 1. The Hall–Kier alpha value is -2.13. The van der Waals surface area contributed by atoms with Crippen LogP contribution >= 0.6 is 24.0 Å². The minimum Gasteiger partial charge on any atom is -0.353 e. The van der Waals surface area contributed by atoms with E-state index in [0.717, 1.165) is 56.0 Å². The van der Waals surface area contributed by atoms with Gasteiger partial charge in [-0.25, -0.2) is 0 Å². The normalized spacial score (nSPS) is 19.3. The highest BCUT2D eigenvalue weighted by atomic mass is 35.5. The molecule has 0 unspecified atom stereocenters. The summed E-state index contributed by atoms with van der Waals surface area (Å²) in [6.07, 6.45) is 1.21. The molecule has 5 rings (SSSR count). The second kappa shape index (κ2) is 8.43. The van der Waals surface area contributed by atoms with Crippen molar-refractivity contribution < 1.29 is 13.2 Å². The molecule has 0 atom stereocenters. The predicted octanol–water partition coefficient (Wildman–Crippen LogP) is 2.57. The van der Waals surface area contributed by atoms with Crippen molar-refractivity contribution in [2.75, 3.05) is 38.0 Å². The third-order valence-electron chi connectivity index (χ3n) is 5.88. The van der Waals surface area contributed by atoms with Gasteiger partial charge in [0.2, 0.25) is 5.91 Å². The number of amidine groups is 1. The van der Waals surface area contributed by atoms with Gasteiger partial charge in [0.05, 0.1) is 6.42 Å². The Balaban J connectivity index is 0.00000231. The minimum absolute atomic E-state index is 0. The van der Waals surface area contributed by atoms with Gasteiger partial charge in [0.1, 0.15) is 4.90 Å². The summed E-state index contributed by atoms with van der Waals surface area (Å²) in [4.78, 5) is 16.3. The van der Waals surface area contributed by atoms with Crippen molar-refractivity contribution in [2.24, 2.45) is 4.40 Å². The number of hydrogen-bond donors (Lipinski definition) is 1. The summed E-state index contributed by atoms with van der Waals surface area (Å²) in [7, 11) is -3.59. The predicted molar refractivity (Wildman–Crippen MR) is 123 cm³/mol. The quantitative estimate of drug-likeness (QED) is 0.729. The Kier molecular flexibility index (Phi) is 6.00. The molecule has 2 aromatic rings. The van der Waals surface area contributed by atoms with Crippen molar-refractivity contribution in [2.45, 2.75) is 17.7 Å². The summed E-state index contributed by atoms with van der Waals surface area (Å²) in [6.45, 7) is 3.95. The third-order valence-corrected chi connectivity index (χ3v) is 7.56. The summed E-state index contributed by atoms with van der Waals surface area (Å²) in [6, 6.07) is 10.9. The highest BCUT2D eigenvalue weighted by molar-refractivity contribution is 7.90. The van der Waals surface area contributed by atoms with E-state index in [-0.39, 0.29) is 18.3 Å². The van der Waals surface area contributed by atoms with Crippen molar-refractivity contribution in [1.29, 1.82) is 0 Å². The molecule has 2 aromatic carbocycles. The number of carbonyl (C=O) groups excluding carboxylic acids is 1. The molecule has 1 saturated heterocycles. The van der Waals surface area contributed by atoms with Crippen LogP contribution in [0.5, 0.6) is 0 Å². The van der Waals surface area contributed by atoms with Crippen LogP contribution < -0.4 is 5.32 Å². The monoisotopic (exact) mass is 480 g/mol. The fourth-order valence-corrected chi connectivity index (χ4v) is 5.75. The summed E-state index contributed by atoms with van der Waals surface area (Å²) in [5, 5.41) is 3.50. The Bertz CT molecular complexity index is 1180. The van der Waals surface area contributed by atoms with Gasteiger partial charge in [-0.05, 0) is 35.7 Å². The van der Waals surface area contributed by atoms with E-state index in [9.17, 15) is 13.2 Å². The van der Waals surface area contributed by atoms with Gasteiger partial charge in [-0.1, -0.05) is 29.8 Å². The lowest BCUT2D eigenvalue weighted by atomic mass is 10.1. The number of hydrogen-bond acceptors (Lipinski definition) is 5. The number of rotatable bonds is 3. The fraction of sp³-hybridized carbons (Fsp3) is 0.333. The van der Waals surface area contributed by atoms with Crippen LogP contribution in [0.15, 0.2) is 45.7 Å². The highest BCUT2D eigenvalue weighted by Crippen LogP contribution is 2.31. The van der Waals surface area contributed by atoms with Crippen LogP contribution in [0.4, 0.5) is 5.69 Å². The lowest BCUT2D eigenvalue weighted by Gasteiger charge is -2.35. The zero-order valence-electron chi connectivity index (χ0n) is 16.7. The van der Waals surface area contributed by atoms with Crippen LogP contribution in [-0.2, 0) is 27.7 Å². The number of benzene rings is 2. The van der Waals surface area contributed by atoms with Gasteiger partial charge in [-0.15, -0.1) is 16.8 Å². The van der Waals surface area contributed by atoms with E-state index in [0.29, 0.717) is 27.7 Å². The molecule has 0 aromatic heterocycles. The van der Waals surface area contributed by atoms with Gasteiger partial charge in [-0.3, -0.25) is 9.69 Å². The first kappa shape index (κ1) is 22.1. The topological polar surface area (TPSA) is 82.1 Å². The molecule has 10 heteroatoms. The standard InChI is InChI=1S/C21H21ClN4O3S.ClH/c22-17-13-18-15(12-20(27)23-18)11-14(17)5-6-25-7-9-26(10-8-25)21-16-3-1-2-4-19(16)30(28,29)24-21;/h1-4,11,13H,5-10,12H2,(H,23,27);1H. The Morgan fingerprint density at radius 1 is 1.10 bits per heavy atom. The van der Waals surface area contributed by atoms with Crippen molar-refractivity contribution >= 4 is 51.5 Å². The maximum Gasteiger partial charge on any atom is 0.285 e.